The van der Waals surface area contributed by atoms with Crippen LogP contribution in [0.4, 0.5) is 35.1 Å². The second-order valence-corrected chi connectivity index (χ2v) is 11.9. The number of halogens is 8. The summed E-state index contributed by atoms with van der Waals surface area (Å²) in [6, 6.07) is 1.98. The highest BCUT2D eigenvalue weighted by atomic mass is 28.4. The molecule has 1 aromatic rings. The van der Waals surface area contributed by atoms with Gasteiger partial charge in [-0.2, -0.15) is 22.0 Å². The molecule has 148 valence electrons. The Balaban J connectivity index is 3.55. The second-order valence-electron chi connectivity index (χ2n) is 7.20. The Hall–Kier alpha value is -1.58. The molecule has 26 heavy (non-hydrogen) atoms. The van der Waals surface area contributed by atoms with Gasteiger partial charge in [0.2, 0.25) is 5.83 Å². The summed E-state index contributed by atoms with van der Waals surface area (Å²) < 4.78 is 110. The molecular weight excluding hydrogens is 388 g/mol. The van der Waals surface area contributed by atoms with E-state index in [0.717, 1.165) is 12.1 Å². The van der Waals surface area contributed by atoms with Gasteiger partial charge in [-0.25, -0.2) is 13.2 Å². The van der Waals surface area contributed by atoms with E-state index in [2.05, 4.69) is 0 Å². The van der Waals surface area contributed by atoms with Crippen molar-refractivity contribution in [1.82, 2.24) is 0 Å². The maximum absolute atomic E-state index is 14.2. The van der Waals surface area contributed by atoms with Gasteiger partial charge in [0, 0.05) is 0 Å². The van der Waals surface area contributed by atoms with Gasteiger partial charge in [0.05, 0.1) is 5.56 Å². The van der Waals surface area contributed by atoms with Crippen LogP contribution in [0, 0.1) is 5.82 Å². The zero-order valence-electron chi connectivity index (χ0n) is 14.7. The van der Waals surface area contributed by atoms with Crippen LogP contribution in [0.3, 0.4) is 0 Å². The van der Waals surface area contributed by atoms with Crippen LogP contribution < -0.4 is 4.43 Å². The molecule has 0 N–H and O–H groups in total. The third kappa shape index (κ3) is 4.39. The second kappa shape index (κ2) is 6.86. The molecule has 0 bridgehead atoms. The van der Waals surface area contributed by atoms with Crippen molar-refractivity contribution in [1.29, 1.82) is 0 Å². The topological polar surface area (TPSA) is 9.23 Å². The van der Waals surface area contributed by atoms with Crippen LogP contribution >= 0.6 is 0 Å². The summed E-state index contributed by atoms with van der Waals surface area (Å²) in [5, 5.41) is -0.451. The predicted molar refractivity (Wildman–Crippen MR) is 84.4 cm³/mol. The Morgan fingerprint density at radius 1 is 0.962 bits per heavy atom. The summed E-state index contributed by atoms with van der Waals surface area (Å²) in [6.07, 6.45) is -6.35. The number of hydrogen-bond acceptors (Lipinski definition) is 1. The van der Waals surface area contributed by atoms with Gasteiger partial charge < -0.3 is 4.43 Å². The molecule has 0 saturated heterocycles. The molecule has 1 rings (SSSR count). The first kappa shape index (κ1) is 22.5. The number of allylic oxidation sites excluding steroid dienone is 1. The van der Waals surface area contributed by atoms with Gasteiger partial charge in [-0.1, -0.05) is 20.8 Å². The summed E-state index contributed by atoms with van der Waals surface area (Å²) in [4.78, 5) is 0. The number of rotatable bonds is 4. The lowest BCUT2D eigenvalue weighted by Gasteiger charge is -2.37. The summed E-state index contributed by atoms with van der Waals surface area (Å²) >= 11 is 0. The van der Waals surface area contributed by atoms with Gasteiger partial charge in [-0.05, 0) is 36.3 Å². The maximum Gasteiger partial charge on any atom is 0.460 e. The Morgan fingerprint density at radius 3 is 1.88 bits per heavy atom. The van der Waals surface area contributed by atoms with Crippen LogP contribution in [0.25, 0.3) is 5.83 Å². The molecule has 0 atom stereocenters. The smallest absolute Gasteiger partial charge is 0.460 e. The van der Waals surface area contributed by atoms with E-state index in [1.165, 1.54) is 0 Å². The van der Waals surface area contributed by atoms with Gasteiger partial charge in [0.15, 0.2) is 5.83 Å². The molecule has 1 nitrogen and oxygen atoms in total. The molecule has 0 heterocycles. The number of alkyl halides is 5. The number of benzene rings is 1. The van der Waals surface area contributed by atoms with Crippen molar-refractivity contribution in [2.45, 2.75) is 51.0 Å². The van der Waals surface area contributed by atoms with E-state index >= 15 is 0 Å². The normalized spacial score (nSPS) is 15.0. The molecule has 0 aromatic heterocycles. The lowest BCUT2D eigenvalue weighted by Crippen LogP contribution is -2.44. The van der Waals surface area contributed by atoms with Crippen molar-refractivity contribution >= 4 is 14.1 Å². The predicted octanol–water partition coefficient (Wildman–Crippen LogP) is 7.01. The van der Waals surface area contributed by atoms with Gasteiger partial charge in [0.1, 0.15) is 11.6 Å². The zero-order chi connectivity index (χ0) is 20.7. The summed E-state index contributed by atoms with van der Waals surface area (Å²) in [5.74, 6) is -13.6. The van der Waals surface area contributed by atoms with Crippen LogP contribution in [0.2, 0.25) is 18.1 Å². The van der Waals surface area contributed by atoms with Crippen LogP contribution in [0.5, 0.6) is 5.75 Å². The molecule has 0 aliphatic carbocycles. The SMILES string of the molecule is CC(C)(C)[Si](C)(C)Oc1ccc(F)cc1C(F)=C(F)C(F)(F)C(F)(F)F. The molecule has 0 saturated carbocycles. The molecule has 0 fully saturated rings. The monoisotopic (exact) mass is 406 g/mol. The molecule has 10 heteroatoms. The van der Waals surface area contributed by atoms with E-state index in [-0.39, 0.29) is 0 Å². The van der Waals surface area contributed by atoms with Crippen molar-refractivity contribution in [3.63, 3.8) is 0 Å². The molecule has 1 aromatic carbocycles. The standard InChI is InChI=1S/C16H18F8OSi/c1-14(2,3)26(4,5)25-11-7-6-9(17)8-10(11)12(18)13(19)15(20,21)16(22,23)24/h6-8H,1-5H3. The van der Waals surface area contributed by atoms with Gasteiger partial charge >= 0.3 is 12.1 Å². The van der Waals surface area contributed by atoms with E-state index < -0.39 is 54.2 Å². The van der Waals surface area contributed by atoms with E-state index in [9.17, 15) is 35.1 Å². The summed E-state index contributed by atoms with van der Waals surface area (Å²) in [5.41, 5.74) is -1.14. The average Bonchev–Trinajstić information content (AvgIpc) is 2.45. The Bertz CT molecular complexity index is 701. The highest BCUT2D eigenvalue weighted by Crippen LogP contribution is 2.46. The quantitative estimate of drug-likeness (QED) is 0.386. The minimum Gasteiger partial charge on any atom is -0.543 e. The van der Waals surface area contributed by atoms with Gasteiger partial charge in [-0.3, -0.25) is 0 Å². The molecule has 0 spiro atoms. The molecule has 0 aliphatic heterocycles. The fourth-order valence-corrected chi connectivity index (χ4v) is 2.61. The lowest BCUT2D eigenvalue weighted by atomic mass is 10.1. The van der Waals surface area contributed by atoms with Crippen molar-refractivity contribution < 1.29 is 39.5 Å². The first-order valence-electron chi connectivity index (χ1n) is 7.41. The van der Waals surface area contributed by atoms with Crippen LogP contribution in [0.1, 0.15) is 26.3 Å². The van der Waals surface area contributed by atoms with Crippen LogP contribution in [-0.4, -0.2) is 20.4 Å². The van der Waals surface area contributed by atoms with Gasteiger partial charge in [0.25, 0.3) is 8.32 Å². The summed E-state index contributed by atoms with van der Waals surface area (Å²) in [7, 11) is -2.70. The Kier molecular flexibility index (Phi) is 5.93. The maximum atomic E-state index is 14.2. The Labute approximate surface area is 146 Å². The fourth-order valence-electron chi connectivity index (χ4n) is 1.57. The molecule has 0 amide bonds. The van der Waals surface area contributed by atoms with Crippen molar-refractivity contribution in [2.24, 2.45) is 0 Å². The first-order chi connectivity index (χ1) is 11.4. The minimum atomic E-state index is -6.35. The molecule has 0 radical (unpaired) electrons. The van der Waals surface area contributed by atoms with Crippen molar-refractivity contribution in [3.8, 4) is 5.75 Å². The minimum absolute atomic E-state index is 0.309. The van der Waals surface area contributed by atoms with E-state index in [1.807, 2.05) is 0 Å². The highest BCUT2D eigenvalue weighted by molar-refractivity contribution is 6.74. The number of hydrogen-bond donors (Lipinski definition) is 0. The third-order valence-corrected chi connectivity index (χ3v) is 8.52. The van der Waals surface area contributed by atoms with E-state index in [0.29, 0.717) is 6.07 Å². The average molecular weight is 406 g/mol. The Morgan fingerprint density at radius 2 is 1.46 bits per heavy atom. The van der Waals surface area contributed by atoms with Gasteiger partial charge in [-0.15, -0.1) is 0 Å². The highest BCUT2D eigenvalue weighted by Gasteiger charge is 2.62. The first-order valence-corrected chi connectivity index (χ1v) is 10.3. The molecule has 0 unspecified atom stereocenters. The van der Waals surface area contributed by atoms with Crippen LogP contribution in [-0.2, 0) is 0 Å². The van der Waals surface area contributed by atoms with Crippen molar-refractivity contribution in [3.05, 3.63) is 35.4 Å². The fraction of sp³-hybridized carbons (Fsp3) is 0.500. The van der Waals surface area contributed by atoms with E-state index in [4.69, 9.17) is 4.43 Å². The van der Waals surface area contributed by atoms with Crippen LogP contribution in [0.15, 0.2) is 24.0 Å². The molecular formula is C16H18F8OSi. The zero-order valence-corrected chi connectivity index (χ0v) is 15.7. The lowest BCUT2D eigenvalue weighted by molar-refractivity contribution is -0.270. The third-order valence-electron chi connectivity index (χ3n) is 4.17. The largest absolute Gasteiger partial charge is 0.543 e. The van der Waals surface area contributed by atoms with E-state index in [1.54, 1.807) is 33.9 Å². The molecule has 0 aliphatic rings. The van der Waals surface area contributed by atoms with Crippen molar-refractivity contribution in [2.75, 3.05) is 0 Å². The summed E-state index contributed by atoms with van der Waals surface area (Å²) in [6.45, 7) is 8.72.